The molecule has 2 unspecified atom stereocenters. The summed E-state index contributed by atoms with van der Waals surface area (Å²) in [7, 11) is 0. The summed E-state index contributed by atoms with van der Waals surface area (Å²) < 4.78 is 39.3. The van der Waals surface area contributed by atoms with Gasteiger partial charge in [0.2, 0.25) is 0 Å². The zero-order chi connectivity index (χ0) is 14.0. The van der Waals surface area contributed by atoms with Crippen LogP contribution in [0.5, 0.6) is 0 Å². The van der Waals surface area contributed by atoms with Crippen molar-refractivity contribution < 1.29 is 13.2 Å². The minimum absolute atomic E-state index is 0. The largest absolute Gasteiger partial charge is 0.327 e. The van der Waals surface area contributed by atoms with Crippen LogP contribution in [-0.2, 0) is 6.54 Å². The van der Waals surface area contributed by atoms with Crippen molar-refractivity contribution in [3.05, 3.63) is 35.1 Å². The Morgan fingerprint density at radius 2 is 1.85 bits per heavy atom. The van der Waals surface area contributed by atoms with E-state index in [0.717, 1.165) is 37.9 Å². The Balaban J connectivity index is 0.00000200. The molecule has 2 nitrogen and oxygen atoms in total. The fourth-order valence-electron chi connectivity index (χ4n) is 2.74. The molecular formula is C14H20ClF3N2. The van der Waals surface area contributed by atoms with Crippen LogP contribution in [0.2, 0.25) is 0 Å². The Kier molecular flexibility index (Phi) is 6.30. The molecule has 1 aromatic carbocycles. The lowest BCUT2D eigenvalue weighted by molar-refractivity contribution is 0.122. The molecule has 1 aromatic rings. The Morgan fingerprint density at radius 3 is 2.40 bits per heavy atom. The molecule has 2 N–H and O–H groups in total. The lowest BCUT2D eigenvalue weighted by Gasteiger charge is -2.38. The Morgan fingerprint density at radius 1 is 1.25 bits per heavy atom. The standard InChI is InChI=1S/C14H19F3N2.ClH/c1-9(18)13-4-2-3-5-19(13)8-10-6-11(15)14(17)12(16)7-10;/h6-7,9,13H,2-5,8,18H2,1H3;1H. The van der Waals surface area contributed by atoms with Gasteiger partial charge in [-0.2, -0.15) is 0 Å². The van der Waals surface area contributed by atoms with Crippen molar-refractivity contribution in [1.29, 1.82) is 0 Å². The van der Waals surface area contributed by atoms with Gasteiger partial charge in [-0.05, 0) is 44.0 Å². The quantitative estimate of drug-likeness (QED) is 0.869. The number of halogens is 4. The molecule has 0 aromatic heterocycles. The van der Waals surface area contributed by atoms with Gasteiger partial charge in [0, 0.05) is 18.6 Å². The highest BCUT2D eigenvalue weighted by Crippen LogP contribution is 2.22. The second-order valence-corrected chi connectivity index (χ2v) is 5.27. The first-order valence-electron chi connectivity index (χ1n) is 6.62. The van der Waals surface area contributed by atoms with Gasteiger partial charge in [-0.1, -0.05) is 6.42 Å². The highest BCUT2D eigenvalue weighted by Gasteiger charge is 2.25. The van der Waals surface area contributed by atoms with Gasteiger partial charge in [0.15, 0.2) is 17.5 Å². The summed E-state index contributed by atoms with van der Waals surface area (Å²) in [5.74, 6) is -3.68. The number of hydrogen-bond acceptors (Lipinski definition) is 2. The van der Waals surface area contributed by atoms with Crippen molar-refractivity contribution in [2.45, 2.75) is 44.8 Å². The van der Waals surface area contributed by atoms with Gasteiger partial charge in [0.05, 0.1) is 0 Å². The molecule has 2 rings (SSSR count). The molecule has 6 heteroatoms. The van der Waals surface area contributed by atoms with Gasteiger partial charge >= 0.3 is 0 Å². The van der Waals surface area contributed by atoms with Gasteiger partial charge in [-0.25, -0.2) is 13.2 Å². The molecule has 1 saturated heterocycles. The first-order valence-corrected chi connectivity index (χ1v) is 6.62. The Hall–Kier alpha value is -0.780. The minimum atomic E-state index is -1.41. The lowest BCUT2D eigenvalue weighted by atomic mass is 9.96. The van der Waals surface area contributed by atoms with E-state index in [9.17, 15) is 13.2 Å². The van der Waals surface area contributed by atoms with Crippen molar-refractivity contribution >= 4 is 12.4 Å². The molecule has 1 fully saturated rings. The molecule has 114 valence electrons. The molecule has 0 saturated carbocycles. The number of hydrogen-bond donors (Lipinski definition) is 1. The lowest BCUT2D eigenvalue weighted by Crippen LogP contribution is -2.48. The number of piperidine rings is 1. The van der Waals surface area contributed by atoms with Crippen LogP contribution in [-0.4, -0.2) is 23.5 Å². The third-order valence-electron chi connectivity index (χ3n) is 3.70. The maximum absolute atomic E-state index is 13.2. The number of rotatable bonds is 3. The molecule has 1 aliphatic heterocycles. The van der Waals surface area contributed by atoms with E-state index in [1.54, 1.807) is 0 Å². The molecule has 2 atom stereocenters. The maximum atomic E-state index is 13.2. The van der Waals surface area contributed by atoms with E-state index in [-0.39, 0.29) is 24.5 Å². The van der Waals surface area contributed by atoms with Crippen molar-refractivity contribution in [3.8, 4) is 0 Å². The van der Waals surface area contributed by atoms with E-state index in [1.165, 1.54) is 0 Å². The predicted octanol–water partition coefficient (Wildman–Crippen LogP) is 3.23. The van der Waals surface area contributed by atoms with Gasteiger partial charge in [-0.3, -0.25) is 4.90 Å². The van der Waals surface area contributed by atoms with Crippen LogP contribution >= 0.6 is 12.4 Å². The zero-order valence-corrected chi connectivity index (χ0v) is 12.2. The molecule has 20 heavy (non-hydrogen) atoms. The summed E-state index contributed by atoms with van der Waals surface area (Å²) in [5, 5.41) is 0. The average molecular weight is 309 g/mol. The van der Waals surface area contributed by atoms with E-state index >= 15 is 0 Å². The van der Waals surface area contributed by atoms with Crippen LogP contribution in [0.15, 0.2) is 12.1 Å². The van der Waals surface area contributed by atoms with E-state index < -0.39 is 17.5 Å². The summed E-state index contributed by atoms with van der Waals surface area (Å²) in [5.41, 5.74) is 6.39. The molecular weight excluding hydrogens is 289 g/mol. The number of benzene rings is 1. The third kappa shape index (κ3) is 3.87. The van der Waals surface area contributed by atoms with Crippen LogP contribution in [0.25, 0.3) is 0 Å². The first kappa shape index (κ1) is 17.3. The third-order valence-corrected chi connectivity index (χ3v) is 3.70. The summed E-state index contributed by atoms with van der Waals surface area (Å²) >= 11 is 0. The minimum Gasteiger partial charge on any atom is -0.327 e. The molecule has 0 spiro atoms. The van der Waals surface area contributed by atoms with Crippen LogP contribution in [0, 0.1) is 17.5 Å². The molecule has 0 aliphatic carbocycles. The number of nitrogens with two attached hydrogens (primary N) is 1. The molecule has 0 bridgehead atoms. The van der Waals surface area contributed by atoms with Crippen molar-refractivity contribution in [3.63, 3.8) is 0 Å². The first-order chi connectivity index (χ1) is 8.99. The Bertz CT molecular complexity index is 431. The van der Waals surface area contributed by atoms with Crippen molar-refractivity contribution in [2.75, 3.05) is 6.54 Å². The molecule has 1 aliphatic rings. The zero-order valence-electron chi connectivity index (χ0n) is 11.4. The molecule has 1 heterocycles. The summed E-state index contributed by atoms with van der Waals surface area (Å²) in [6.07, 6.45) is 3.16. The van der Waals surface area contributed by atoms with Gasteiger partial charge in [0.25, 0.3) is 0 Å². The fourth-order valence-corrected chi connectivity index (χ4v) is 2.74. The summed E-state index contributed by atoms with van der Waals surface area (Å²) in [4.78, 5) is 2.13. The van der Waals surface area contributed by atoms with Gasteiger partial charge in [-0.15, -0.1) is 12.4 Å². The average Bonchev–Trinajstić information content (AvgIpc) is 2.36. The number of likely N-dealkylation sites (tertiary alicyclic amines) is 1. The molecule has 0 radical (unpaired) electrons. The topological polar surface area (TPSA) is 29.3 Å². The van der Waals surface area contributed by atoms with Crippen molar-refractivity contribution in [2.24, 2.45) is 5.73 Å². The summed E-state index contributed by atoms with van der Waals surface area (Å²) in [6.45, 7) is 3.20. The maximum Gasteiger partial charge on any atom is 0.194 e. The highest BCUT2D eigenvalue weighted by atomic mass is 35.5. The van der Waals surface area contributed by atoms with Crippen LogP contribution in [0.3, 0.4) is 0 Å². The SMILES string of the molecule is CC(N)C1CCCCN1Cc1cc(F)c(F)c(F)c1.Cl. The van der Waals surface area contributed by atoms with E-state index in [1.807, 2.05) is 6.92 Å². The smallest absolute Gasteiger partial charge is 0.194 e. The second kappa shape index (κ2) is 7.29. The van der Waals surface area contributed by atoms with Crippen molar-refractivity contribution in [1.82, 2.24) is 4.90 Å². The van der Waals surface area contributed by atoms with Crippen LogP contribution in [0.4, 0.5) is 13.2 Å². The fraction of sp³-hybridized carbons (Fsp3) is 0.571. The van der Waals surface area contributed by atoms with E-state index in [0.29, 0.717) is 12.1 Å². The normalized spacial score (nSPS) is 21.4. The predicted molar refractivity (Wildman–Crippen MR) is 75.3 cm³/mol. The van der Waals surface area contributed by atoms with Crippen LogP contribution < -0.4 is 5.73 Å². The van der Waals surface area contributed by atoms with Gasteiger partial charge in [0.1, 0.15) is 0 Å². The van der Waals surface area contributed by atoms with E-state index in [4.69, 9.17) is 5.73 Å². The Labute approximate surface area is 123 Å². The number of nitrogens with zero attached hydrogens (tertiary/aromatic N) is 1. The highest BCUT2D eigenvalue weighted by molar-refractivity contribution is 5.85. The van der Waals surface area contributed by atoms with E-state index in [2.05, 4.69) is 4.90 Å². The summed E-state index contributed by atoms with van der Waals surface area (Å²) in [6, 6.07) is 2.34. The van der Waals surface area contributed by atoms with Crippen LogP contribution in [0.1, 0.15) is 31.7 Å². The molecule has 0 amide bonds. The monoisotopic (exact) mass is 308 g/mol. The second-order valence-electron chi connectivity index (χ2n) is 5.27. The van der Waals surface area contributed by atoms with Gasteiger partial charge < -0.3 is 5.73 Å².